The number of nitrogens with one attached hydrogen (secondary N) is 1. The zero-order valence-corrected chi connectivity index (χ0v) is 14.6. The van der Waals surface area contributed by atoms with Crippen molar-refractivity contribution >= 4 is 23.4 Å². The van der Waals surface area contributed by atoms with E-state index in [9.17, 15) is 9.59 Å². The summed E-state index contributed by atoms with van der Waals surface area (Å²) in [6.45, 7) is 4.21. The highest BCUT2D eigenvalue weighted by molar-refractivity contribution is 6.30. The Balaban J connectivity index is 2.10. The van der Waals surface area contributed by atoms with Gasteiger partial charge in [0.05, 0.1) is 12.5 Å². The van der Waals surface area contributed by atoms with Crippen molar-refractivity contribution in [3.05, 3.63) is 34.9 Å². The van der Waals surface area contributed by atoms with Crippen LogP contribution in [0.4, 0.5) is 0 Å². The van der Waals surface area contributed by atoms with Crippen molar-refractivity contribution in [2.75, 3.05) is 6.54 Å². The van der Waals surface area contributed by atoms with Crippen molar-refractivity contribution in [1.82, 2.24) is 10.2 Å². The van der Waals surface area contributed by atoms with Crippen LogP contribution in [-0.4, -0.2) is 29.3 Å². The summed E-state index contributed by atoms with van der Waals surface area (Å²) in [5.41, 5.74) is 0.903. The van der Waals surface area contributed by atoms with Crippen molar-refractivity contribution in [2.24, 2.45) is 0 Å². The number of benzene rings is 1. The third kappa shape index (κ3) is 4.96. The van der Waals surface area contributed by atoms with E-state index in [0.29, 0.717) is 11.1 Å². The lowest BCUT2D eigenvalue weighted by molar-refractivity contribution is -0.134. The largest absolute Gasteiger partial charge is 0.349 e. The first kappa shape index (κ1) is 17.8. The zero-order valence-electron chi connectivity index (χ0n) is 13.8. The molecule has 1 aromatic rings. The fraction of sp³-hybridized carbons (Fsp3) is 0.556. The van der Waals surface area contributed by atoms with Crippen LogP contribution in [0.5, 0.6) is 0 Å². The molecule has 2 rings (SSSR count). The maximum atomic E-state index is 12.7. The highest BCUT2D eigenvalue weighted by Gasteiger charge is 2.27. The summed E-state index contributed by atoms with van der Waals surface area (Å²) in [5, 5.41) is 3.53. The normalized spacial score (nSPS) is 16.1. The van der Waals surface area contributed by atoms with Crippen molar-refractivity contribution in [1.29, 1.82) is 0 Å². The Morgan fingerprint density at radius 1 is 1.26 bits per heavy atom. The van der Waals surface area contributed by atoms with Gasteiger partial charge in [0.25, 0.3) is 0 Å². The van der Waals surface area contributed by atoms with Gasteiger partial charge in [-0.05, 0) is 37.5 Å². The molecule has 0 saturated heterocycles. The summed E-state index contributed by atoms with van der Waals surface area (Å²) in [6, 6.07) is 7.34. The molecule has 4 nitrogen and oxygen atoms in total. The van der Waals surface area contributed by atoms with Crippen LogP contribution in [0, 0.1) is 0 Å². The van der Waals surface area contributed by atoms with Crippen molar-refractivity contribution in [3.63, 3.8) is 0 Å². The number of carbonyl (C=O) groups excluding carboxylic acids is 2. The fourth-order valence-electron chi connectivity index (χ4n) is 3.34. The summed E-state index contributed by atoms with van der Waals surface area (Å²) in [7, 11) is 0. The molecule has 1 saturated carbocycles. The van der Waals surface area contributed by atoms with Gasteiger partial charge < -0.3 is 10.2 Å². The summed E-state index contributed by atoms with van der Waals surface area (Å²) in [4.78, 5) is 26.2. The van der Waals surface area contributed by atoms with Crippen LogP contribution >= 0.6 is 11.6 Å². The van der Waals surface area contributed by atoms with E-state index in [1.807, 2.05) is 24.0 Å². The molecule has 5 heteroatoms. The molecule has 1 atom stereocenters. The van der Waals surface area contributed by atoms with Gasteiger partial charge in [-0.15, -0.1) is 0 Å². The second-order valence-electron chi connectivity index (χ2n) is 6.13. The molecule has 126 valence electrons. The second kappa shape index (κ2) is 8.34. The van der Waals surface area contributed by atoms with Crippen LogP contribution in [0.1, 0.15) is 57.6 Å². The molecule has 1 N–H and O–H groups in total. The Bertz CT molecular complexity index is 538. The van der Waals surface area contributed by atoms with Crippen LogP contribution in [-0.2, 0) is 9.59 Å². The van der Waals surface area contributed by atoms with Gasteiger partial charge >= 0.3 is 0 Å². The lowest BCUT2D eigenvalue weighted by Crippen LogP contribution is -2.41. The molecular weight excluding hydrogens is 312 g/mol. The van der Waals surface area contributed by atoms with Gasteiger partial charge in [-0.25, -0.2) is 0 Å². The lowest BCUT2D eigenvalue weighted by Gasteiger charge is -2.29. The first-order valence-electron chi connectivity index (χ1n) is 8.33. The van der Waals surface area contributed by atoms with Crippen LogP contribution in [0.15, 0.2) is 24.3 Å². The average Bonchev–Trinajstić information content (AvgIpc) is 3.01. The van der Waals surface area contributed by atoms with Crippen LogP contribution in [0.3, 0.4) is 0 Å². The Hall–Kier alpha value is -1.55. The molecule has 1 aromatic carbocycles. The molecule has 0 bridgehead atoms. The van der Waals surface area contributed by atoms with E-state index in [4.69, 9.17) is 11.6 Å². The molecule has 0 aromatic heterocycles. The number of amides is 2. The quantitative estimate of drug-likeness (QED) is 0.861. The first-order chi connectivity index (χ1) is 11.0. The standard InChI is InChI=1S/C18H25ClN2O2/c1-3-21(16-6-4-5-7-16)18(23)12-17(20-13(2)22)14-8-10-15(19)11-9-14/h8-11,16-17H,3-7,12H2,1-2H3,(H,20,22). The van der Waals surface area contributed by atoms with Gasteiger partial charge in [0.1, 0.15) is 0 Å². The molecule has 0 radical (unpaired) electrons. The maximum Gasteiger partial charge on any atom is 0.225 e. The number of hydrogen-bond donors (Lipinski definition) is 1. The molecule has 0 spiro atoms. The van der Waals surface area contributed by atoms with Gasteiger partial charge in [0, 0.05) is 24.5 Å². The Labute approximate surface area is 143 Å². The minimum absolute atomic E-state index is 0.105. The summed E-state index contributed by atoms with van der Waals surface area (Å²) in [6.07, 6.45) is 4.85. The minimum Gasteiger partial charge on any atom is -0.349 e. The molecule has 1 aliphatic carbocycles. The molecule has 1 fully saturated rings. The number of nitrogens with zero attached hydrogens (tertiary/aromatic N) is 1. The van der Waals surface area contributed by atoms with Crippen LogP contribution in [0.2, 0.25) is 5.02 Å². The van der Waals surface area contributed by atoms with Gasteiger partial charge in [0.2, 0.25) is 11.8 Å². The second-order valence-corrected chi connectivity index (χ2v) is 6.56. The molecule has 0 aliphatic heterocycles. The predicted octanol–water partition coefficient (Wildman–Crippen LogP) is 3.70. The van der Waals surface area contributed by atoms with Crippen molar-refractivity contribution in [3.8, 4) is 0 Å². The van der Waals surface area contributed by atoms with E-state index in [-0.39, 0.29) is 24.3 Å². The van der Waals surface area contributed by atoms with Gasteiger partial charge in [0.15, 0.2) is 0 Å². The van der Waals surface area contributed by atoms with Gasteiger partial charge in [-0.1, -0.05) is 36.6 Å². The number of hydrogen-bond acceptors (Lipinski definition) is 2. The number of halogens is 1. The van der Waals surface area contributed by atoms with E-state index in [1.165, 1.54) is 19.8 Å². The maximum absolute atomic E-state index is 12.7. The Morgan fingerprint density at radius 3 is 2.39 bits per heavy atom. The van der Waals surface area contributed by atoms with Crippen LogP contribution in [0.25, 0.3) is 0 Å². The monoisotopic (exact) mass is 336 g/mol. The molecule has 0 heterocycles. The van der Waals surface area contributed by atoms with Crippen LogP contribution < -0.4 is 5.32 Å². The predicted molar refractivity (Wildman–Crippen MR) is 92.3 cm³/mol. The molecule has 2 amide bonds. The van der Waals surface area contributed by atoms with E-state index in [0.717, 1.165) is 24.9 Å². The zero-order chi connectivity index (χ0) is 16.8. The SMILES string of the molecule is CCN(C(=O)CC(NC(C)=O)c1ccc(Cl)cc1)C1CCCC1. The van der Waals surface area contributed by atoms with E-state index < -0.39 is 0 Å². The summed E-state index contributed by atoms with van der Waals surface area (Å²) < 4.78 is 0. The number of rotatable bonds is 6. The molecule has 23 heavy (non-hydrogen) atoms. The topological polar surface area (TPSA) is 49.4 Å². The van der Waals surface area contributed by atoms with E-state index in [2.05, 4.69) is 5.32 Å². The number of carbonyl (C=O) groups is 2. The first-order valence-corrected chi connectivity index (χ1v) is 8.71. The van der Waals surface area contributed by atoms with Crippen molar-refractivity contribution < 1.29 is 9.59 Å². The average molecular weight is 337 g/mol. The van der Waals surface area contributed by atoms with Gasteiger partial charge in [-0.2, -0.15) is 0 Å². The van der Waals surface area contributed by atoms with Crippen molar-refractivity contribution in [2.45, 2.75) is 58.0 Å². The Morgan fingerprint density at radius 2 is 1.87 bits per heavy atom. The lowest BCUT2D eigenvalue weighted by atomic mass is 10.0. The molecule has 1 unspecified atom stereocenters. The van der Waals surface area contributed by atoms with E-state index >= 15 is 0 Å². The van der Waals surface area contributed by atoms with Gasteiger partial charge in [-0.3, -0.25) is 9.59 Å². The smallest absolute Gasteiger partial charge is 0.225 e. The third-order valence-corrected chi connectivity index (χ3v) is 4.71. The highest BCUT2D eigenvalue weighted by atomic mass is 35.5. The summed E-state index contributed by atoms with van der Waals surface area (Å²) >= 11 is 5.92. The minimum atomic E-state index is -0.312. The molecule has 1 aliphatic rings. The summed E-state index contributed by atoms with van der Waals surface area (Å²) in [5.74, 6) is -0.0326. The van der Waals surface area contributed by atoms with E-state index in [1.54, 1.807) is 12.1 Å². The third-order valence-electron chi connectivity index (χ3n) is 4.46. The molecular formula is C18H25ClN2O2. The fourth-order valence-corrected chi connectivity index (χ4v) is 3.46. The highest BCUT2D eigenvalue weighted by Crippen LogP contribution is 2.26. The Kier molecular flexibility index (Phi) is 6.46.